The number of nitrogens with one attached hydrogen (secondary N) is 1. The first-order valence-corrected chi connectivity index (χ1v) is 5.56. The molecule has 0 bridgehead atoms. The van der Waals surface area contributed by atoms with Crippen molar-refractivity contribution < 1.29 is 9.31 Å². The number of aryl methyl sites for hydroxylation is 1. The van der Waals surface area contributed by atoms with Crippen LogP contribution in [0.5, 0.6) is 0 Å². The molecule has 98 valence electrons. The van der Waals surface area contributed by atoms with Crippen LogP contribution in [0.15, 0.2) is 24.4 Å². The van der Waals surface area contributed by atoms with Crippen molar-refractivity contribution in [2.24, 2.45) is 0 Å². The first-order valence-electron chi connectivity index (χ1n) is 5.18. The second kappa shape index (κ2) is 5.15. The van der Waals surface area contributed by atoms with Gasteiger partial charge in [0.25, 0.3) is 0 Å². The number of benzene rings is 1. The number of para-hydroxylation sites is 1. The van der Waals surface area contributed by atoms with Crippen LogP contribution in [0.1, 0.15) is 5.56 Å². The van der Waals surface area contributed by atoms with Crippen molar-refractivity contribution in [1.29, 1.82) is 0 Å². The van der Waals surface area contributed by atoms with E-state index in [1.165, 1.54) is 12.1 Å². The van der Waals surface area contributed by atoms with E-state index >= 15 is 0 Å². The van der Waals surface area contributed by atoms with Gasteiger partial charge in [-0.25, -0.2) is 9.37 Å². The summed E-state index contributed by atoms with van der Waals surface area (Å²) in [7, 11) is 0. The van der Waals surface area contributed by atoms with Crippen molar-refractivity contribution >= 4 is 28.8 Å². The molecule has 0 aliphatic heterocycles. The molecule has 0 aliphatic carbocycles. The lowest BCUT2D eigenvalue weighted by Gasteiger charge is -2.09. The number of rotatable bonds is 3. The van der Waals surface area contributed by atoms with Crippen LogP contribution in [-0.2, 0) is 0 Å². The lowest BCUT2D eigenvalue weighted by molar-refractivity contribution is -0.384. The summed E-state index contributed by atoms with van der Waals surface area (Å²) in [4.78, 5) is 17.4. The van der Waals surface area contributed by atoms with E-state index in [1.54, 1.807) is 13.0 Å². The van der Waals surface area contributed by atoms with Gasteiger partial charge in [0, 0.05) is 0 Å². The van der Waals surface area contributed by atoms with Gasteiger partial charge >= 0.3 is 5.69 Å². The van der Waals surface area contributed by atoms with Crippen molar-refractivity contribution in [2.45, 2.75) is 6.92 Å². The lowest BCUT2D eigenvalue weighted by atomic mass is 10.2. The molecule has 0 aliphatic rings. The molecule has 1 heterocycles. The summed E-state index contributed by atoms with van der Waals surface area (Å²) in [6.45, 7) is 1.67. The van der Waals surface area contributed by atoms with Crippen LogP contribution < -0.4 is 5.32 Å². The molecule has 0 spiro atoms. The van der Waals surface area contributed by atoms with Crippen LogP contribution in [0.2, 0.25) is 5.28 Å². The number of aromatic nitrogens is 2. The lowest BCUT2D eigenvalue weighted by Crippen LogP contribution is -2.03. The van der Waals surface area contributed by atoms with Crippen molar-refractivity contribution in [2.75, 3.05) is 5.32 Å². The van der Waals surface area contributed by atoms with E-state index in [0.717, 1.165) is 6.20 Å². The molecule has 2 rings (SSSR count). The average Bonchev–Trinajstić information content (AvgIpc) is 2.33. The van der Waals surface area contributed by atoms with Crippen molar-refractivity contribution in [1.82, 2.24) is 9.97 Å². The van der Waals surface area contributed by atoms with Gasteiger partial charge in [0.1, 0.15) is 12.0 Å². The van der Waals surface area contributed by atoms with E-state index in [1.807, 2.05) is 0 Å². The Morgan fingerprint density at radius 3 is 2.84 bits per heavy atom. The van der Waals surface area contributed by atoms with E-state index in [0.29, 0.717) is 5.56 Å². The van der Waals surface area contributed by atoms with Gasteiger partial charge < -0.3 is 5.32 Å². The maximum atomic E-state index is 13.7. The Morgan fingerprint density at radius 1 is 1.47 bits per heavy atom. The van der Waals surface area contributed by atoms with E-state index in [2.05, 4.69) is 15.3 Å². The highest BCUT2D eigenvalue weighted by molar-refractivity contribution is 6.28. The molecule has 1 N–H and O–H groups in total. The topological polar surface area (TPSA) is 81.0 Å². The SMILES string of the molecule is Cc1cccc(F)c1Nc1nc(Cl)ncc1[N+](=O)[O-]. The standard InChI is InChI=1S/C11H8ClFN4O2/c1-6-3-2-4-7(13)9(6)15-10-8(17(18)19)5-14-11(12)16-10/h2-5H,1H3,(H,14,15,16). The van der Waals surface area contributed by atoms with Gasteiger partial charge in [0.15, 0.2) is 0 Å². The molecule has 1 aromatic carbocycles. The molecular weight excluding hydrogens is 275 g/mol. The van der Waals surface area contributed by atoms with Crippen LogP contribution in [-0.4, -0.2) is 14.9 Å². The highest BCUT2D eigenvalue weighted by Crippen LogP contribution is 2.28. The van der Waals surface area contributed by atoms with Gasteiger partial charge in [0.2, 0.25) is 11.1 Å². The normalized spacial score (nSPS) is 10.3. The maximum Gasteiger partial charge on any atom is 0.329 e. The molecule has 0 atom stereocenters. The van der Waals surface area contributed by atoms with Gasteiger partial charge in [0.05, 0.1) is 10.6 Å². The molecule has 0 radical (unpaired) electrons. The van der Waals surface area contributed by atoms with Gasteiger partial charge in [-0.3, -0.25) is 10.1 Å². The van der Waals surface area contributed by atoms with E-state index < -0.39 is 10.7 Å². The number of nitrogens with zero attached hydrogens (tertiary/aromatic N) is 3. The summed E-state index contributed by atoms with van der Waals surface area (Å²) in [6, 6.07) is 4.45. The number of hydrogen-bond acceptors (Lipinski definition) is 5. The minimum atomic E-state index is -0.672. The first kappa shape index (κ1) is 13.2. The van der Waals surface area contributed by atoms with E-state index in [9.17, 15) is 14.5 Å². The number of anilines is 2. The maximum absolute atomic E-state index is 13.7. The fraction of sp³-hybridized carbons (Fsp3) is 0.0909. The molecule has 1 aromatic heterocycles. The highest BCUT2D eigenvalue weighted by atomic mass is 35.5. The third kappa shape index (κ3) is 2.76. The Bertz CT molecular complexity index is 630. The molecule has 0 unspecified atom stereocenters. The first-order chi connectivity index (χ1) is 8.99. The van der Waals surface area contributed by atoms with E-state index in [-0.39, 0.29) is 22.5 Å². The van der Waals surface area contributed by atoms with Crippen LogP contribution in [0.4, 0.5) is 21.6 Å². The molecule has 6 nitrogen and oxygen atoms in total. The fourth-order valence-electron chi connectivity index (χ4n) is 1.49. The van der Waals surface area contributed by atoms with Gasteiger partial charge in [-0.15, -0.1) is 0 Å². The smallest absolute Gasteiger partial charge is 0.329 e. The number of halogens is 2. The van der Waals surface area contributed by atoms with Crippen LogP contribution in [0.3, 0.4) is 0 Å². The average molecular weight is 283 g/mol. The van der Waals surface area contributed by atoms with Crippen LogP contribution in [0, 0.1) is 22.9 Å². The Morgan fingerprint density at radius 2 is 2.21 bits per heavy atom. The molecule has 19 heavy (non-hydrogen) atoms. The summed E-state index contributed by atoms with van der Waals surface area (Å²) >= 11 is 5.59. The predicted molar refractivity (Wildman–Crippen MR) is 68.1 cm³/mol. The minimum Gasteiger partial charge on any atom is -0.332 e. The minimum absolute atomic E-state index is 0.111. The summed E-state index contributed by atoms with van der Waals surface area (Å²) < 4.78 is 13.7. The second-order valence-corrected chi connectivity index (χ2v) is 4.02. The third-order valence-corrected chi connectivity index (χ3v) is 2.58. The van der Waals surface area contributed by atoms with Crippen LogP contribution >= 0.6 is 11.6 Å². The van der Waals surface area contributed by atoms with Gasteiger partial charge in [-0.1, -0.05) is 12.1 Å². The number of nitro groups is 1. The van der Waals surface area contributed by atoms with Gasteiger partial charge in [-0.05, 0) is 30.2 Å². The van der Waals surface area contributed by atoms with Gasteiger partial charge in [-0.2, -0.15) is 4.98 Å². The summed E-state index contributed by atoms with van der Waals surface area (Å²) in [6.07, 6.45) is 0.966. The molecular formula is C11H8ClFN4O2. The Kier molecular flexibility index (Phi) is 3.57. The molecule has 0 saturated carbocycles. The van der Waals surface area contributed by atoms with Crippen molar-refractivity contribution in [3.05, 3.63) is 51.2 Å². The Labute approximate surface area is 112 Å². The summed E-state index contributed by atoms with van der Waals surface area (Å²) in [5.74, 6) is -0.692. The largest absolute Gasteiger partial charge is 0.332 e. The molecule has 8 heteroatoms. The molecule has 2 aromatic rings. The fourth-order valence-corrected chi connectivity index (χ4v) is 1.62. The predicted octanol–water partition coefficient (Wildman–Crippen LogP) is 3.23. The molecule has 0 amide bonds. The number of hydrogen-bond donors (Lipinski definition) is 1. The monoisotopic (exact) mass is 282 g/mol. The van der Waals surface area contributed by atoms with E-state index in [4.69, 9.17) is 11.6 Å². The van der Waals surface area contributed by atoms with Crippen LogP contribution in [0.25, 0.3) is 0 Å². The zero-order chi connectivity index (χ0) is 14.0. The molecule has 0 saturated heterocycles. The zero-order valence-corrected chi connectivity index (χ0v) is 10.5. The Balaban J connectivity index is 2.49. The summed E-state index contributed by atoms with van der Waals surface area (Å²) in [5.41, 5.74) is 0.316. The second-order valence-electron chi connectivity index (χ2n) is 3.69. The highest BCUT2D eigenvalue weighted by Gasteiger charge is 2.18. The summed E-state index contributed by atoms with van der Waals surface area (Å²) in [5, 5.41) is 13.3. The van der Waals surface area contributed by atoms with Crippen molar-refractivity contribution in [3.63, 3.8) is 0 Å². The van der Waals surface area contributed by atoms with Crippen molar-refractivity contribution in [3.8, 4) is 0 Å². The molecule has 0 fully saturated rings. The Hall–Kier alpha value is -2.28. The quantitative estimate of drug-likeness (QED) is 0.531. The third-order valence-electron chi connectivity index (χ3n) is 2.40. The zero-order valence-electron chi connectivity index (χ0n) is 9.72.